The Hall–Kier alpha value is -0.610. The van der Waals surface area contributed by atoms with E-state index >= 15 is 0 Å². The van der Waals surface area contributed by atoms with Crippen molar-refractivity contribution >= 4 is 5.91 Å². The molecule has 0 radical (unpaired) electrons. The first-order chi connectivity index (χ1) is 9.99. The van der Waals surface area contributed by atoms with Crippen LogP contribution >= 0.6 is 0 Å². The zero-order valence-corrected chi connectivity index (χ0v) is 14.0. The van der Waals surface area contributed by atoms with Crippen molar-refractivity contribution in [1.29, 1.82) is 0 Å². The third kappa shape index (κ3) is 3.98. The van der Waals surface area contributed by atoms with E-state index in [4.69, 9.17) is 5.73 Å². The molecule has 0 aromatic rings. The van der Waals surface area contributed by atoms with Crippen LogP contribution in [0.25, 0.3) is 0 Å². The Balaban J connectivity index is 1.97. The Kier molecular flexibility index (Phi) is 5.67. The molecule has 3 N–H and O–H groups in total. The molecule has 2 saturated carbocycles. The fourth-order valence-corrected chi connectivity index (χ4v) is 3.88. The minimum Gasteiger partial charge on any atom is -0.368 e. The van der Waals surface area contributed by atoms with Crippen LogP contribution in [0.3, 0.4) is 0 Å². The predicted octanol–water partition coefficient (Wildman–Crippen LogP) is 2.27. The van der Waals surface area contributed by atoms with E-state index in [1.807, 2.05) is 0 Å². The molecule has 2 rings (SSSR count). The lowest BCUT2D eigenvalue weighted by Gasteiger charge is -2.36. The lowest BCUT2D eigenvalue weighted by Crippen LogP contribution is -2.59. The third-order valence-corrected chi connectivity index (χ3v) is 5.31. The van der Waals surface area contributed by atoms with Gasteiger partial charge in [0.1, 0.15) is 5.54 Å². The van der Waals surface area contributed by atoms with Gasteiger partial charge in [0.2, 0.25) is 5.91 Å². The molecular weight excluding hydrogens is 262 g/mol. The average Bonchev–Trinajstić information content (AvgIpc) is 3.13. The summed E-state index contributed by atoms with van der Waals surface area (Å²) in [5.41, 5.74) is 5.39. The monoisotopic (exact) mass is 295 g/mol. The van der Waals surface area contributed by atoms with Gasteiger partial charge in [0.25, 0.3) is 0 Å². The van der Waals surface area contributed by atoms with Gasteiger partial charge in [-0.05, 0) is 71.4 Å². The van der Waals surface area contributed by atoms with Crippen molar-refractivity contribution < 1.29 is 4.79 Å². The molecule has 0 heterocycles. The van der Waals surface area contributed by atoms with E-state index in [1.165, 1.54) is 19.3 Å². The molecule has 2 unspecified atom stereocenters. The van der Waals surface area contributed by atoms with Gasteiger partial charge < -0.3 is 16.0 Å². The predicted molar refractivity (Wildman–Crippen MR) is 87.0 cm³/mol. The van der Waals surface area contributed by atoms with Gasteiger partial charge in [0.05, 0.1) is 0 Å². The van der Waals surface area contributed by atoms with Gasteiger partial charge in [-0.15, -0.1) is 0 Å². The maximum absolute atomic E-state index is 12.1. The van der Waals surface area contributed by atoms with Gasteiger partial charge in [-0.2, -0.15) is 0 Å². The molecule has 0 aliphatic heterocycles. The van der Waals surface area contributed by atoms with Crippen molar-refractivity contribution in [2.24, 2.45) is 11.7 Å². The zero-order chi connectivity index (χ0) is 15.5. The highest BCUT2D eigenvalue weighted by atomic mass is 16.1. The van der Waals surface area contributed by atoms with Gasteiger partial charge in [0.15, 0.2) is 0 Å². The first-order valence-electron chi connectivity index (χ1n) is 8.81. The molecule has 0 saturated heterocycles. The molecule has 122 valence electrons. The third-order valence-electron chi connectivity index (χ3n) is 5.31. The second-order valence-electron chi connectivity index (χ2n) is 7.26. The maximum atomic E-state index is 12.1. The minimum atomic E-state index is -0.421. The molecule has 2 atom stereocenters. The quantitative estimate of drug-likeness (QED) is 0.686. The van der Waals surface area contributed by atoms with Crippen LogP contribution in [0.15, 0.2) is 0 Å². The first kappa shape index (κ1) is 16.8. The van der Waals surface area contributed by atoms with Crippen LogP contribution in [-0.4, -0.2) is 41.5 Å². The summed E-state index contributed by atoms with van der Waals surface area (Å²) in [6.07, 6.45) is 7.87. The largest absolute Gasteiger partial charge is 0.368 e. The molecule has 2 aliphatic carbocycles. The Morgan fingerprint density at radius 2 is 2.05 bits per heavy atom. The van der Waals surface area contributed by atoms with Crippen molar-refractivity contribution in [3.8, 4) is 0 Å². The number of carbonyl (C=O) groups excluding carboxylic acids is 1. The van der Waals surface area contributed by atoms with Crippen LogP contribution in [-0.2, 0) is 4.79 Å². The number of hydrogen-bond donors (Lipinski definition) is 2. The van der Waals surface area contributed by atoms with Crippen LogP contribution in [0.4, 0.5) is 0 Å². The van der Waals surface area contributed by atoms with Crippen molar-refractivity contribution in [1.82, 2.24) is 10.2 Å². The van der Waals surface area contributed by atoms with E-state index in [2.05, 4.69) is 31.0 Å². The number of carbonyl (C=O) groups is 1. The summed E-state index contributed by atoms with van der Waals surface area (Å²) in [6.45, 7) is 8.97. The normalized spacial score (nSPS) is 29.5. The van der Waals surface area contributed by atoms with E-state index in [1.54, 1.807) is 0 Å². The van der Waals surface area contributed by atoms with Crippen LogP contribution in [0.5, 0.6) is 0 Å². The molecule has 2 aliphatic rings. The molecule has 2 fully saturated rings. The lowest BCUT2D eigenvalue weighted by molar-refractivity contribution is -0.126. The highest BCUT2D eigenvalue weighted by molar-refractivity contribution is 5.85. The molecule has 0 spiro atoms. The highest BCUT2D eigenvalue weighted by Gasteiger charge is 2.49. The summed E-state index contributed by atoms with van der Waals surface area (Å²) in [5.74, 6) is 0.289. The first-order valence-corrected chi connectivity index (χ1v) is 8.81. The number of rotatable bonds is 9. The molecule has 21 heavy (non-hydrogen) atoms. The minimum absolute atomic E-state index is 0.122. The summed E-state index contributed by atoms with van der Waals surface area (Å²) >= 11 is 0. The number of nitrogens with zero attached hydrogens (tertiary/aromatic N) is 1. The number of primary amides is 1. The lowest BCUT2D eigenvalue weighted by atomic mass is 9.83. The molecule has 4 heteroatoms. The Labute approximate surface area is 129 Å². The van der Waals surface area contributed by atoms with Gasteiger partial charge in [-0.25, -0.2) is 0 Å². The van der Waals surface area contributed by atoms with Gasteiger partial charge in [-0.1, -0.05) is 13.3 Å². The van der Waals surface area contributed by atoms with Gasteiger partial charge in [0, 0.05) is 12.1 Å². The average molecular weight is 295 g/mol. The van der Waals surface area contributed by atoms with Crippen LogP contribution in [0.1, 0.15) is 65.7 Å². The van der Waals surface area contributed by atoms with E-state index in [-0.39, 0.29) is 5.91 Å². The molecule has 4 nitrogen and oxygen atoms in total. The Morgan fingerprint density at radius 3 is 2.57 bits per heavy atom. The standard InChI is InChI=1S/C17H33N3O/c1-4-11-20(13(2)3)12-9-14-6-5-10-17(14,16(18)21)19-15-7-8-15/h13-15,19H,4-12H2,1-3H3,(H2,18,21). The molecular formula is C17H33N3O. The van der Waals surface area contributed by atoms with Gasteiger partial charge in [-0.3, -0.25) is 4.79 Å². The Bertz CT molecular complexity index is 354. The Morgan fingerprint density at radius 1 is 1.33 bits per heavy atom. The summed E-state index contributed by atoms with van der Waals surface area (Å²) < 4.78 is 0. The highest BCUT2D eigenvalue weighted by Crippen LogP contribution is 2.40. The van der Waals surface area contributed by atoms with E-state index in [0.717, 1.165) is 38.8 Å². The fraction of sp³-hybridized carbons (Fsp3) is 0.941. The second-order valence-corrected chi connectivity index (χ2v) is 7.26. The number of hydrogen-bond acceptors (Lipinski definition) is 3. The van der Waals surface area contributed by atoms with Crippen LogP contribution < -0.4 is 11.1 Å². The van der Waals surface area contributed by atoms with Crippen molar-refractivity contribution in [3.63, 3.8) is 0 Å². The molecule has 0 bridgehead atoms. The number of amides is 1. The summed E-state index contributed by atoms with van der Waals surface area (Å²) in [6, 6.07) is 1.11. The van der Waals surface area contributed by atoms with E-state index < -0.39 is 5.54 Å². The van der Waals surface area contributed by atoms with Gasteiger partial charge >= 0.3 is 0 Å². The SMILES string of the molecule is CCCN(CCC1CCCC1(NC1CC1)C(N)=O)C(C)C. The molecule has 1 amide bonds. The number of nitrogens with two attached hydrogens (primary N) is 1. The summed E-state index contributed by atoms with van der Waals surface area (Å²) in [5, 5.41) is 3.61. The smallest absolute Gasteiger partial charge is 0.238 e. The topological polar surface area (TPSA) is 58.4 Å². The molecule has 0 aromatic carbocycles. The van der Waals surface area contributed by atoms with Crippen LogP contribution in [0, 0.1) is 5.92 Å². The van der Waals surface area contributed by atoms with E-state index in [0.29, 0.717) is 18.0 Å². The summed E-state index contributed by atoms with van der Waals surface area (Å²) in [4.78, 5) is 14.7. The summed E-state index contributed by atoms with van der Waals surface area (Å²) in [7, 11) is 0. The maximum Gasteiger partial charge on any atom is 0.238 e. The van der Waals surface area contributed by atoms with Crippen LogP contribution in [0.2, 0.25) is 0 Å². The second kappa shape index (κ2) is 7.10. The fourth-order valence-electron chi connectivity index (χ4n) is 3.88. The zero-order valence-electron chi connectivity index (χ0n) is 14.0. The van der Waals surface area contributed by atoms with Crippen molar-refractivity contribution in [2.45, 2.75) is 83.3 Å². The molecule has 0 aromatic heterocycles. The van der Waals surface area contributed by atoms with E-state index in [9.17, 15) is 4.79 Å². The van der Waals surface area contributed by atoms with Crippen molar-refractivity contribution in [3.05, 3.63) is 0 Å². The van der Waals surface area contributed by atoms with Crippen molar-refractivity contribution in [2.75, 3.05) is 13.1 Å². The number of nitrogens with one attached hydrogen (secondary N) is 1.